The van der Waals surface area contributed by atoms with Gasteiger partial charge in [0.25, 0.3) is 11.8 Å². The molecule has 3 rings (SSSR count). The van der Waals surface area contributed by atoms with Crippen molar-refractivity contribution in [3.8, 4) is 0 Å². The highest BCUT2D eigenvalue weighted by Crippen LogP contribution is 2.22. The summed E-state index contributed by atoms with van der Waals surface area (Å²) in [6.45, 7) is 0.403. The molecule has 0 radical (unpaired) electrons. The number of pyridine rings is 1. The normalized spacial score (nSPS) is 18.2. The molecule has 8 heteroatoms. The van der Waals surface area contributed by atoms with Crippen molar-refractivity contribution in [3.63, 3.8) is 0 Å². The van der Waals surface area contributed by atoms with Crippen LogP contribution in [-0.4, -0.2) is 66.5 Å². The lowest BCUT2D eigenvalue weighted by atomic mass is 10.0. The molecule has 2 aromatic rings. The van der Waals surface area contributed by atoms with Crippen LogP contribution in [0.15, 0.2) is 54.7 Å². The van der Waals surface area contributed by atoms with Crippen LogP contribution in [0.2, 0.25) is 0 Å². The van der Waals surface area contributed by atoms with E-state index in [2.05, 4.69) is 15.6 Å². The molecule has 0 aliphatic carbocycles. The molecule has 2 heterocycles. The Hall–Kier alpha value is -3.26. The van der Waals surface area contributed by atoms with Crippen LogP contribution in [0.1, 0.15) is 11.3 Å². The van der Waals surface area contributed by atoms with Crippen molar-refractivity contribution in [2.24, 2.45) is 0 Å². The number of carbonyl (C=O) groups excluding carboxylic acids is 3. The highest BCUT2D eigenvalue weighted by molar-refractivity contribution is 5.97. The predicted octanol–water partition coefficient (Wildman–Crippen LogP) is 0.323. The molecule has 1 aromatic carbocycles. The van der Waals surface area contributed by atoms with Gasteiger partial charge in [-0.2, -0.15) is 0 Å². The van der Waals surface area contributed by atoms with E-state index in [-0.39, 0.29) is 11.8 Å². The van der Waals surface area contributed by atoms with E-state index >= 15 is 0 Å². The molecule has 2 N–H and O–H groups in total. The summed E-state index contributed by atoms with van der Waals surface area (Å²) in [6.07, 6.45) is 0.931. The van der Waals surface area contributed by atoms with Gasteiger partial charge in [-0.1, -0.05) is 36.4 Å². The Morgan fingerprint density at radius 3 is 2.40 bits per heavy atom. The second-order valence-electron chi connectivity index (χ2n) is 7.32. The van der Waals surface area contributed by atoms with Gasteiger partial charge >= 0.3 is 0 Å². The van der Waals surface area contributed by atoms with Crippen LogP contribution in [0.3, 0.4) is 0 Å². The Bertz CT molecular complexity index is 873. The summed E-state index contributed by atoms with van der Waals surface area (Å²) in [5.74, 6) is -1.02. The topological polar surface area (TPSA) is 104 Å². The van der Waals surface area contributed by atoms with E-state index in [0.29, 0.717) is 19.4 Å². The fraction of sp³-hybridized carbons (Fsp3) is 0.364. The molecular formula is C22H26N4O4. The summed E-state index contributed by atoms with van der Waals surface area (Å²) in [5, 5.41) is 5.48. The lowest BCUT2D eigenvalue weighted by Crippen LogP contribution is -2.49. The maximum Gasteiger partial charge on any atom is 0.253 e. The summed E-state index contributed by atoms with van der Waals surface area (Å²) >= 11 is 0. The quantitative estimate of drug-likeness (QED) is 0.580. The average Bonchev–Trinajstić information content (AvgIpc) is 3.55. The van der Waals surface area contributed by atoms with Gasteiger partial charge in [-0.25, -0.2) is 0 Å². The molecule has 158 valence electrons. The number of nitrogens with zero attached hydrogens (tertiary/aromatic N) is 2. The molecule has 3 amide bonds. The third-order valence-electron chi connectivity index (χ3n) is 4.75. The summed E-state index contributed by atoms with van der Waals surface area (Å²) in [6, 6.07) is 14.3. The minimum Gasteiger partial charge on any atom is -0.353 e. The molecule has 0 spiro atoms. The maximum absolute atomic E-state index is 12.5. The number of hydrogen-bond donors (Lipinski definition) is 2. The number of benzene rings is 1. The molecule has 30 heavy (non-hydrogen) atoms. The highest BCUT2D eigenvalue weighted by atomic mass is 16.6. The monoisotopic (exact) mass is 410 g/mol. The molecule has 1 saturated heterocycles. The number of likely N-dealkylation sites (N-methyl/N-ethyl adjacent to an activating group) is 1. The van der Waals surface area contributed by atoms with Crippen LogP contribution in [0.25, 0.3) is 0 Å². The Labute approximate surface area is 175 Å². The van der Waals surface area contributed by atoms with Crippen molar-refractivity contribution < 1.29 is 19.1 Å². The zero-order valence-electron chi connectivity index (χ0n) is 17.1. The third-order valence-corrected chi connectivity index (χ3v) is 4.75. The summed E-state index contributed by atoms with van der Waals surface area (Å²) in [5.41, 5.74) is 1.80. The van der Waals surface area contributed by atoms with Crippen LogP contribution in [0.4, 0.5) is 0 Å². The highest BCUT2D eigenvalue weighted by Gasteiger charge is 2.50. The second-order valence-corrected chi connectivity index (χ2v) is 7.32. The molecule has 3 atom stereocenters. The Morgan fingerprint density at radius 1 is 1.03 bits per heavy atom. The van der Waals surface area contributed by atoms with Gasteiger partial charge in [-0.15, -0.1) is 0 Å². The first-order valence-electron chi connectivity index (χ1n) is 9.84. The second kappa shape index (κ2) is 9.98. The molecule has 8 nitrogen and oxygen atoms in total. The van der Waals surface area contributed by atoms with E-state index in [0.717, 1.165) is 11.3 Å². The van der Waals surface area contributed by atoms with Gasteiger partial charge in [0, 0.05) is 45.4 Å². The molecule has 1 unspecified atom stereocenters. The Kier molecular flexibility index (Phi) is 7.13. The minimum atomic E-state index is -0.881. The minimum absolute atomic E-state index is 0.218. The zero-order valence-corrected chi connectivity index (χ0v) is 17.1. The molecule has 0 saturated carbocycles. The van der Waals surface area contributed by atoms with Crippen LogP contribution < -0.4 is 10.6 Å². The van der Waals surface area contributed by atoms with Crippen LogP contribution in [-0.2, 0) is 32.0 Å². The molecule has 0 bridgehead atoms. The van der Waals surface area contributed by atoms with E-state index in [9.17, 15) is 14.4 Å². The number of ether oxygens (including phenoxy) is 1. The maximum atomic E-state index is 12.5. The molecule has 1 aliphatic rings. The van der Waals surface area contributed by atoms with Crippen molar-refractivity contribution in [1.29, 1.82) is 0 Å². The van der Waals surface area contributed by atoms with Gasteiger partial charge in [-0.05, 0) is 17.7 Å². The van der Waals surface area contributed by atoms with Crippen LogP contribution in [0.5, 0.6) is 0 Å². The standard InChI is InChI=1S/C22H26N4O4/c1-26(2)22(29)17(14-15-8-4-3-5-9-15)25-21(28)19-18(30-19)20(27)24-13-11-16-10-6-7-12-23-16/h3-10,12,17-19H,11,13-14H2,1-2H3,(H,24,27)(H,25,28)/t17-,18-,19?/m0/s1. The van der Waals surface area contributed by atoms with Gasteiger partial charge in [-0.3, -0.25) is 19.4 Å². The summed E-state index contributed by atoms with van der Waals surface area (Å²) < 4.78 is 5.27. The van der Waals surface area contributed by atoms with E-state index in [1.165, 1.54) is 4.90 Å². The molecule has 1 aromatic heterocycles. The zero-order chi connectivity index (χ0) is 21.5. The van der Waals surface area contributed by atoms with Crippen molar-refractivity contribution in [1.82, 2.24) is 20.5 Å². The van der Waals surface area contributed by atoms with Gasteiger partial charge in [0.05, 0.1) is 0 Å². The first-order valence-corrected chi connectivity index (χ1v) is 9.84. The van der Waals surface area contributed by atoms with Crippen LogP contribution in [0, 0.1) is 0 Å². The average molecular weight is 410 g/mol. The van der Waals surface area contributed by atoms with E-state index in [1.807, 2.05) is 48.5 Å². The lowest BCUT2D eigenvalue weighted by Gasteiger charge is -2.21. The van der Waals surface area contributed by atoms with Crippen molar-refractivity contribution in [2.75, 3.05) is 20.6 Å². The van der Waals surface area contributed by atoms with E-state index < -0.39 is 24.2 Å². The predicted molar refractivity (Wildman–Crippen MR) is 110 cm³/mol. The number of carbonyl (C=O) groups is 3. The first-order chi connectivity index (χ1) is 14.5. The first kappa shape index (κ1) is 21.4. The number of hydrogen-bond acceptors (Lipinski definition) is 5. The Morgan fingerprint density at radius 2 is 1.73 bits per heavy atom. The SMILES string of the molecule is CN(C)C(=O)[C@H](Cc1ccccc1)NC(=O)C1O[C@@H]1C(=O)NCCc1ccccn1. The van der Waals surface area contributed by atoms with Gasteiger partial charge in [0.1, 0.15) is 6.04 Å². The number of epoxide rings is 1. The molecule has 1 aliphatic heterocycles. The largest absolute Gasteiger partial charge is 0.353 e. The van der Waals surface area contributed by atoms with Crippen molar-refractivity contribution in [2.45, 2.75) is 31.1 Å². The smallest absolute Gasteiger partial charge is 0.253 e. The van der Waals surface area contributed by atoms with Crippen molar-refractivity contribution in [3.05, 3.63) is 66.0 Å². The number of nitrogens with one attached hydrogen (secondary N) is 2. The fourth-order valence-corrected chi connectivity index (χ4v) is 3.09. The molecular weight excluding hydrogens is 384 g/mol. The summed E-state index contributed by atoms with van der Waals surface area (Å²) in [4.78, 5) is 42.9. The van der Waals surface area contributed by atoms with Crippen molar-refractivity contribution >= 4 is 17.7 Å². The molecule has 1 fully saturated rings. The number of aromatic nitrogens is 1. The van der Waals surface area contributed by atoms with E-state index in [4.69, 9.17) is 4.74 Å². The third kappa shape index (κ3) is 5.87. The number of amides is 3. The Balaban J connectivity index is 1.50. The lowest BCUT2D eigenvalue weighted by molar-refractivity contribution is -0.134. The fourth-order valence-electron chi connectivity index (χ4n) is 3.09. The van der Waals surface area contributed by atoms with Gasteiger partial charge < -0.3 is 20.3 Å². The van der Waals surface area contributed by atoms with Crippen LogP contribution >= 0.6 is 0 Å². The number of rotatable bonds is 9. The summed E-state index contributed by atoms with van der Waals surface area (Å²) in [7, 11) is 3.27. The van der Waals surface area contributed by atoms with E-state index in [1.54, 1.807) is 20.3 Å². The van der Waals surface area contributed by atoms with Gasteiger partial charge in [0.15, 0.2) is 12.2 Å². The van der Waals surface area contributed by atoms with Gasteiger partial charge in [0.2, 0.25) is 5.91 Å².